The minimum atomic E-state index is 0.190. The molecule has 2 aromatic rings. The summed E-state index contributed by atoms with van der Waals surface area (Å²) in [5.74, 6) is 2.20. The number of fused-ring (bicyclic) bond motifs is 1. The Kier molecular flexibility index (Phi) is 3.17. The van der Waals surface area contributed by atoms with Crippen molar-refractivity contribution in [3.63, 3.8) is 0 Å². The third-order valence-electron chi connectivity index (χ3n) is 3.45. The molecule has 0 radical (unpaired) electrons. The first kappa shape index (κ1) is 12.1. The number of rotatable bonds is 2. The molecule has 2 atom stereocenters. The molecule has 2 heterocycles. The van der Waals surface area contributed by atoms with Crippen LogP contribution in [0.3, 0.4) is 0 Å². The van der Waals surface area contributed by atoms with Crippen LogP contribution in [0.15, 0.2) is 30.3 Å². The predicted molar refractivity (Wildman–Crippen MR) is 76.4 cm³/mol. The Bertz CT molecular complexity index is 585. The molecule has 2 unspecified atom stereocenters. The minimum Gasteiger partial charge on any atom is -0.326 e. The van der Waals surface area contributed by atoms with Gasteiger partial charge in [-0.2, -0.15) is 5.10 Å². The van der Waals surface area contributed by atoms with Crippen molar-refractivity contribution in [1.29, 1.82) is 0 Å². The normalized spacial score (nSPS) is 22.6. The molecule has 19 heavy (non-hydrogen) atoms. The zero-order valence-corrected chi connectivity index (χ0v) is 11.0. The lowest BCUT2D eigenvalue weighted by atomic mass is 9.98. The first-order chi connectivity index (χ1) is 9.22. The molecule has 1 aromatic carbocycles. The molecule has 2 N–H and O–H groups in total. The quantitative estimate of drug-likeness (QED) is 0.894. The highest BCUT2D eigenvalue weighted by Gasteiger charge is 2.24. The van der Waals surface area contributed by atoms with Crippen molar-refractivity contribution in [2.75, 3.05) is 0 Å². The van der Waals surface area contributed by atoms with Crippen LogP contribution in [0.5, 0.6) is 0 Å². The van der Waals surface area contributed by atoms with Crippen molar-refractivity contribution in [2.45, 2.75) is 31.8 Å². The number of hydrogen-bond acceptors (Lipinski definition) is 3. The van der Waals surface area contributed by atoms with E-state index < -0.39 is 0 Å². The van der Waals surface area contributed by atoms with Crippen LogP contribution in [0.2, 0.25) is 0 Å². The van der Waals surface area contributed by atoms with Crippen LogP contribution in [0.1, 0.15) is 36.5 Å². The van der Waals surface area contributed by atoms with Gasteiger partial charge in [-0.3, -0.25) is 0 Å². The molecule has 0 aliphatic carbocycles. The van der Waals surface area contributed by atoms with E-state index in [2.05, 4.69) is 29.1 Å². The van der Waals surface area contributed by atoms with Gasteiger partial charge in [0.25, 0.3) is 0 Å². The highest BCUT2D eigenvalue weighted by Crippen LogP contribution is 2.24. The first-order valence-corrected chi connectivity index (χ1v) is 6.66. The van der Waals surface area contributed by atoms with Gasteiger partial charge in [0.15, 0.2) is 5.82 Å². The molecule has 1 aliphatic heterocycles. The number of nitrogens with zero attached hydrogens (tertiary/aromatic N) is 3. The fourth-order valence-corrected chi connectivity index (χ4v) is 2.53. The Morgan fingerprint density at radius 2 is 2.05 bits per heavy atom. The Morgan fingerprint density at radius 1 is 1.26 bits per heavy atom. The van der Waals surface area contributed by atoms with Gasteiger partial charge in [0.05, 0.1) is 6.54 Å². The largest absolute Gasteiger partial charge is 0.326 e. The van der Waals surface area contributed by atoms with Crippen LogP contribution in [0, 0.1) is 0 Å². The smallest absolute Gasteiger partial charge is 0.174 e. The molecule has 0 saturated carbocycles. The van der Waals surface area contributed by atoms with Gasteiger partial charge in [0.2, 0.25) is 0 Å². The van der Waals surface area contributed by atoms with E-state index >= 15 is 0 Å². The fourth-order valence-electron chi connectivity index (χ4n) is 2.53. The van der Waals surface area contributed by atoms with Crippen molar-refractivity contribution < 1.29 is 0 Å². The highest BCUT2D eigenvalue weighted by atomic mass is 15.4. The summed E-state index contributed by atoms with van der Waals surface area (Å²) < 4.78 is 1.95. The molecular weight excluding hydrogens is 236 g/mol. The number of nitrogens with two attached hydrogens (primary N) is 1. The van der Waals surface area contributed by atoms with Crippen LogP contribution >= 0.6 is 0 Å². The van der Waals surface area contributed by atoms with Crippen LogP contribution < -0.4 is 5.73 Å². The van der Waals surface area contributed by atoms with E-state index in [1.54, 1.807) is 0 Å². The van der Waals surface area contributed by atoms with Gasteiger partial charge in [0, 0.05) is 12.0 Å². The van der Waals surface area contributed by atoms with Gasteiger partial charge in [0.1, 0.15) is 5.82 Å². The summed E-state index contributed by atoms with van der Waals surface area (Å²) in [6.07, 6.45) is 4.98. The standard InChI is InChI=1S/C15H18N4/c1-11-9-13(16)10-19-15(11)17-14(18-19)8-7-12-5-3-2-4-6-12/h2-8,11,13H,9-10,16H2,1H3/b8-7+. The molecule has 1 aliphatic rings. The zero-order valence-electron chi connectivity index (χ0n) is 11.0. The maximum atomic E-state index is 6.01. The third-order valence-corrected chi connectivity index (χ3v) is 3.45. The molecule has 4 heteroatoms. The SMILES string of the molecule is CC1CC(N)Cn2nc(/C=C/c3ccccc3)nc21. The second kappa shape index (κ2) is 4.97. The zero-order chi connectivity index (χ0) is 13.2. The van der Waals surface area contributed by atoms with Crippen molar-refractivity contribution in [3.05, 3.63) is 47.5 Å². The average molecular weight is 254 g/mol. The van der Waals surface area contributed by atoms with Crippen molar-refractivity contribution in [1.82, 2.24) is 14.8 Å². The average Bonchev–Trinajstić information content (AvgIpc) is 2.81. The van der Waals surface area contributed by atoms with Gasteiger partial charge in [-0.25, -0.2) is 9.67 Å². The molecular formula is C15H18N4. The molecule has 4 nitrogen and oxygen atoms in total. The maximum absolute atomic E-state index is 6.01. The lowest BCUT2D eigenvalue weighted by molar-refractivity contribution is 0.382. The van der Waals surface area contributed by atoms with Gasteiger partial charge in [-0.15, -0.1) is 0 Å². The maximum Gasteiger partial charge on any atom is 0.174 e. The first-order valence-electron chi connectivity index (χ1n) is 6.66. The van der Waals surface area contributed by atoms with E-state index in [0.717, 1.165) is 30.2 Å². The third kappa shape index (κ3) is 2.58. The number of aromatic nitrogens is 3. The van der Waals surface area contributed by atoms with Gasteiger partial charge >= 0.3 is 0 Å². The molecule has 0 fully saturated rings. The summed E-state index contributed by atoms with van der Waals surface area (Å²) in [5.41, 5.74) is 7.16. The molecule has 0 saturated heterocycles. The Balaban J connectivity index is 1.84. The Labute approximate surface area is 113 Å². The van der Waals surface area contributed by atoms with Gasteiger partial charge in [-0.1, -0.05) is 43.3 Å². The Morgan fingerprint density at radius 3 is 2.84 bits per heavy atom. The van der Waals surface area contributed by atoms with E-state index in [1.165, 1.54) is 0 Å². The van der Waals surface area contributed by atoms with Crippen LogP contribution in [0.25, 0.3) is 12.2 Å². The second-order valence-electron chi connectivity index (χ2n) is 5.15. The monoisotopic (exact) mass is 254 g/mol. The van der Waals surface area contributed by atoms with Gasteiger partial charge < -0.3 is 5.73 Å². The van der Waals surface area contributed by atoms with E-state index in [1.807, 2.05) is 35.0 Å². The molecule has 0 bridgehead atoms. The summed E-state index contributed by atoms with van der Waals surface area (Å²) in [5, 5.41) is 4.51. The molecule has 98 valence electrons. The summed E-state index contributed by atoms with van der Waals surface area (Å²) in [6.45, 7) is 2.93. The van der Waals surface area contributed by atoms with Crippen molar-refractivity contribution >= 4 is 12.2 Å². The summed E-state index contributed by atoms with van der Waals surface area (Å²) in [6, 6.07) is 10.4. The summed E-state index contributed by atoms with van der Waals surface area (Å²) in [4.78, 5) is 4.59. The topological polar surface area (TPSA) is 56.7 Å². The van der Waals surface area contributed by atoms with E-state index in [9.17, 15) is 0 Å². The lowest BCUT2D eigenvalue weighted by Gasteiger charge is -2.23. The van der Waals surface area contributed by atoms with Crippen molar-refractivity contribution in [2.24, 2.45) is 5.73 Å². The van der Waals surface area contributed by atoms with Crippen molar-refractivity contribution in [3.8, 4) is 0 Å². The minimum absolute atomic E-state index is 0.190. The van der Waals surface area contributed by atoms with E-state index in [4.69, 9.17) is 5.73 Å². The van der Waals surface area contributed by atoms with E-state index in [0.29, 0.717) is 5.92 Å². The highest BCUT2D eigenvalue weighted by molar-refractivity contribution is 5.66. The van der Waals surface area contributed by atoms with Crippen LogP contribution in [-0.4, -0.2) is 20.8 Å². The number of benzene rings is 1. The summed E-state index contributed by atoms with van der Waals surface area (Å²) in [7, 11) is 0. The molecule has 0 amide bonds. The molecule has 1 aromatic heterocycles. The molecule has 0 spiro atoms. The molecule has 3 rings (SSSR count). The fraction of sp³-hybridized carbons (Fsp3) is 0.333. The van der Waals surface area contributed by atoms with Crippen LogP contribution in [-0.2, 0) is 6.54 Å². The lowest BCUT2D eigenvalue weighted by Crippen LogP contribution is -2.34. The second-order valence-corrected chi connectivity index (χ2v) is 5.15. The summed E-state index contributed by atoms with van der Waals surface area (Å²) >= 11 is 0. The predicted octanol–water partition coefficient (Wildman–Crippen LogP) is 2.28. The van der Waals surface area contributed by atoms with Gasteiger partial charge in [-0.05, 0) is 18.1 Å². The van der Waals surface area contributed by atoms with Crippen LogP contribution in [0.4, 0.5) is 0 Å². The Hall–Kier alpha value is -1.94. The van der Waals surface area contributed by atoms with E-state index in [-0.39, 0.29) is 6.04 Å². The number of hydrogen-bond donors (Lipinski definition) is 1.